The van der Waals surface area contributed by atoms with Crippen molar-refractivity contribution in [2.45, 2.75) is 25.3 Å². The van der Waals surface area contributed by atoms with Gasteiger partial charge >= 0.3 is 0 Å². The molecule has 1 fully saturated rings. The maximum absolute atomic E-state index is 11.9. The molecule has 3 heteroatoms. The van der Waals surface area contributed by atoms with Crippen LogP contribution in [-0.4, -0.2) is 30.7 Å². The van der Waals surface area contributed by atoms with E-state index in [1.807, 2.05) is 4.90 Å². The predicted molar refractivity (Wildman–Crippen MR) is 40.8 cm³/mol. The van der Waals surface area contributed by atoms with E-state index < -0.39 is 0 Å². The van der Waals surface area contributed by atoms with Gasteiger partial charge in [0.25, 0.3) is 0 Å². The second-order valence-electron chi connectivity index (χ2n) is 2.87. The summed E-state index contributed by atoms with van der Waals surface area (Å²) in [6.07, 6.45) is 3.13. The molecule has 1 saturated heterocycles. The van der Waals surface area contributed by atoms with E-state index in [4.69, 9.17) is 5.26 Å². The second-order valence-corrected chi connectivity index (χ2v) is 2.87. The summed E-state index contributed by atoms with van der Waals surface area (Å²) in [5.41, 5.74) is 0. The highest BCUT2D eigenvalue weighted by Crippen LogP contribution is 2.15. The lowest BCUT2D eigenvalue weighted by Crippen LogP contribution is -2.39. The Hall–Kier alpha value is -0.620. The minimum Gasteiger partial charge on any atom is -0.285 e. The van der Waals surface area contributed by atoms with Gasteiger partial charge in [-0.25, -0.2) is 4.39 Å². The van der Waals surface area contributed by atoms with E-state index in [0.29, 0.717) is 6.54 Å². The molecule has 1 heterocycles. The van der Waals surface area contributed by atoms with Crippen molar-refractivity contribution in [2.75, 3.05) is 19.8 Å². The Balaban J connectivity index is 2.39. The maximum atomic E-state index is 11.9. The Bertz CT molecular complexity index is 151. The highest BCUT2D eigenvalue weighted by atomic mass is 19.1. The van der Waals surface area contributed by atoms with Crippen LogP contribution in [0.5, 0.6) is 0 Å². The third-order valence-electron chi connectivity index (χ3n) is 2.13. The molecule has 1 unspecified atom stereocenters. The summed E-state index contributed by atoms with van der Waals surface area (Å²) in [5, 5.41) is 8.67. The standard InChI is InChI=1S/C8H13FN2/c9-4-6-11-5-2-1-3-8(11)7-10/h8H,1-6H2. The van der Waals surface area contributed by atoms with Crippen LogP contribution >= 0.6 is 0 Å². The molecule has 1 aliphatic rings. The average Bonchev–Trinajstić information content (AvgIpc) is 2.06. The number of likely N-dealkylation sites (tertiary alicyclic amines) is 1. The van der Waals surface area contributed by atoms with Crippen LogP contribution in [0.3, 0.4) is 0 Å². The van der Waals surface area contributed by atoms with Gasteiger partial charge in [-0.15, -0.1) is 0 Å². The molecule has 0 N–H and O–H groups in total. The first-order valence-corrected chi connectivity index (χ1v) is 4.08. The molecule has 0 aromatic carbocycles. The average molecular weight is 156 g/mol. The first-order valence-electron chi connectivity index (χ1n) is 4.08. The molecule has 0 bridgehead atoms. The summed E-state index contributed by atoms with van der Waals surface area (Å²) in [5.74, 6) is 0. The minimum atomic E-state index is -0.335. The zero-order valence-corrected chi connectivity index (χ0v) is 6.59. The zero-order chi connectivity index (χ0) is 8.10. The highest BCUT2D eigenvalue weighted by Gasteiger charge is 2.20. The lowest BCUT2D eigenvalue weighted by Gasteiger charge is -2.30. The summed E-state index contributed by atoms with van der Waals surface area (Å²) < 4.78 is 11.9. The van der Waals surface area contributed by atoms with E-state index in [9.17, 15) is 4.39 Å². The molecule has 62 valence electrons. The molecular formula is C8H13FN2. The van der Waals surface area contributed by atoms with Crippen LogP contribution in [0.1, 0.15) is 19.3 Å². The zero-order valence-electron chi connectivity index (χ0n) is 6.59. The topological polar surface area (TPSA) is 27.0 Å². The maximum Gasteiger partial charge on any atom is 0.102 e. The molecule has 2 nitrogen and oxygen atoms in total. The van der Waals surface area contributed by atoms with Gasteiger partial charge in [0.15, 0.2) is 0 Å². The number of piperidine rings is 1. The van der Waals surface area contributed by atoms with Crippen molar-refractivity contribution in [3.05, 3.63) is 0 Å². The van der Waals surface area contributed by atoms with E-state index in [1.165, 1.54) is 0 Å². The first kappa shape index (κ1) is 8.48. The molecule has 1 atom stereocenters. The Labute approximate surface area is 66.6 Å². The van der Waals surface area contributed by atoms with Gasteiger partial charge < -0.3 is 0 Å². The molecule has 0 aromatic rings. The number of halogens is 1. The van der Waals surface area contributed by atoms with Gasteiger partial charge in [-0.3, -0.25) is 4.90 Å². The van der Waals surface area contributed by atoms with Crippen LogP contribution in [0.4, 0.5) is 4.39 Å². The van der Waals surface area contributed by atoms with Crippen molar-refractivity contribution in [1.29, 1.82) is 5.26 Å². The summed E-state index contributed by atoms with van der Waals surface area (Å²) in [7, 11) is 0. The van der Waals surface area contributed by atoms with Crippen molar-refractivity contribution >= 4 is 0 Å². The fraction of sp³-hybridized carbons (Fsp3) is 0.875. The summed E-state index contributed by atoms with van der Waals surface area (Å²) >= 11 is 0. The number of nitriles is 1. The van der Waals surface area contributed by atoms with Gasteiger partial charge in [-0.1, -0.05) is 0 Å². The molecule has 1 rings (SSSR count). The van der Waals surface area contributed by atoms with Crippen LogP contribution in [0.15, 0.2) is 0 Å². The molecule has 0 amide bonds. The molecular weight excluding hydrogens is 143 g/mol. The summed E-state index contributed by atoms with van der Waals surface area (Å²) in [6, 6.07) is 2.17. The molecule has 11 heavy (non-hydrogen) atoms. The Morgan fingerprint density at radius 3 is 3.00 bits per heavy atom. The molecule has 1 aliphatic heterocycles. The molecule has 0 radical (unpaired) electrons. The van der Waals surface area contributed by atoms with Gasteiger partial charge in [-0.05, 0) is 25.8 Å². The van der Waals surface area contributed by atoms with E-state index in [1.54, 1.807) is 0 Å². The predicted octanol–water partition coefficient (Wildman–Crippen LogP) is 1.33. The lowest BCUT2D eigenvalue weighted by molar-refractivity contribution is 0.171. The van der Waals surface area contributed by atoms with Crippen LogP contribution in [0.25, 0.3) is 0 Å². The highest BCUT2D eigenvalue weighted by molar-refractivity contribution is 4.93. The van der Waals surface area contributed by atoms with Gasteiger partial charge in [0, 0.05) is 6.54 Å². The molecule has 0 saturated carbocycles. The number of hydrogen-bond donors (Lipinski definition) is 0. The molecule has 0 aromatic heterocycles. The number of hydrogen-bond acceptors (Lipinski definition) is 2. The van der Waals surface area contributed by atoms with Gasteiger partial charge in [0.2, 0.25) is 0 Å². The van der Waals surface area contributed by atoms with Gasteiger partial charge in [0.05, 0.1) is 12.1 Å². The quantitative estimate of drug-likeness (QED) is 0.603. The second kappa shape index (κ2) is 4.30. The van der Waals surface area contributed by atoms with Crippen molar-refractivity contribution in [3.8, 4) is 6.07 Å². The van der Waals surface area contributed by atoms with Crippen LogP contribution in [-0.2, 0) is 0 Å². The van der Waals surface area contributed by atoms with E-state index in [-0.39, 0.29) is 12.7 Å². The fourth-order valence-corrected chi connectivity index (χ4v) is 1.51. The Morgan fingerprint density at radius 1 is 1.55 bits per heavy atom. The normalized spacial score (nSPS) is 26.4. The Kier molecular flexibility index (Phi) is 3.31. The summed E-state index contributed by atoms with van der Waals surface area (Å²) in [4.78, 5) is 1.93. The minimum absolute atomic E-state index is 0.0282. The van der Waals surface area contributed by atoms with E-state index in [2.05, 4.69) is 6.07 Å². The Morgan fingerprint density at radius 2 is 2.36 bits per heavy atom. The largest absolute Gasteiger partial charge is 0.285 e. The smallest absolute Gasteiger partial charge is 0.102 e. The van der Waals surface area contributed by atoms with Crippen LogP contribution < -0.4 is 0 Å². The first-order chi connectivity index (χ1) is 5.38. The third-order valence-corrected chi connectivity index (χ3v) is 2.13. The third kappa shape index (κ3) is 2.16. The SMILES string of the molecule is N#CC1CCCCN1CCF. The van der Waals surface area contributed by atoms with Crippen molar-refractivity contribution in [2.24, 2.45) is 0 Å². The van der Waals surface area contributed by atoms with Crippen molar-refractivity contribution in [1.82, 2.24) is 4.90 Å². The van der Waals surface area contributed by atoms with E-state index >= 15 is 0 Å². The van der Waals surface area contributed by atoms with Crippen molar-refractivity contribution in [3.63, 3.8) is 0 Å². The van der Waals surface area contributed by atoms with Crippen LogP contribution in [0, 0.1) is 11.3 Å². The van der Waals surface area contributed by atoms with Gasteiger partial charge in [0.1, 0.15) is 6.67 Å². The summed E-state index contributed by atoms with van der Waals surface area (Å²) in [6.45, 7) is 0.985. The number of rotatable bonds is 2. The van der Waals surface area contributed by atoms with Crippen LogP contribution in [0.2, 0.25) is 0 Å². The number of alkyl halides is 1. The number of nitrogens with zero attached hydrogens (tertiary/aromatic N) is 2. The van der Waals surface area contributed by atoms with Crippen molar-refractivity contribution < 1.29 is 4.39 Å². The van der Waals surface area contributed by atoms with Gasteiger partial charge in [-0.2, -0.15) is 5.26 Å². The van der Waals surface area contributed by atoms with E-state index in [0.717, 1.165) is 25.8 Å². The fourth-order valence-electron chi connectivity index (χ4n) is 1.51. The molecule has 0 aliphatic carbocycles. The lowest BCUT2D eigenvalue weighted by atomic mass is 10.0. The monoisotopic (exact) mass is 156 g/mol. The molecule has 0 spiro atoms.